The lowest BCUT2D eigenvalue weighted by atomic mass is 10.7. The standard InChI is InChI=1S/C8H20F2N2Si/c1-5-11(6-2)13(9,10)12(7-3)8-4/h5-8H2,1-4H3. The van der Waals surface area contributed by atoms with Gasteiger partial charge in [0.05, 0.1) is 0 Å². The summed E-state index contributed by atoms with van der Waals surface area (Å²) in [6, 6.07) is 0. The first-order chi connectivity index (χ1) is 6.04. The molecule has 80 valence electrons. The molecule has 5 heteroatoms. The van der Waals surface area contributed by atoms with Gasteiger partial charge in [-0.25, -0.2) is 8.22 Å². The van der Waals surface area contributed by atoms with Crippen LogP contribution in [0.4, 0.5) is 8.22 Å². The molecule has 0 aromatic heterocycles. The third-order valence-corrected chi connectivity index (χ3v) is 5.07. The van der Waals surface area contributed by atoms with Gasteiger partial charge >= 0.3 is 9.06 Å². The van der Waals surface area contributed by atoms with E-state index in [2.05, 4.69) is 0 Å². The van der Waals surface area contributed by atoms with Crippen LogP contribution in [0.25, 0.3) is 0 Å². The molecule has 0 bridgehead atoms. The Bertz CT molecular complexity index is 122. The third-order valence-electron chi connectivity index (χ3n) is 2.29. The second-order valence-electron chi connectivity index (χ2n) is 2.85. The summed E-state index contributed by atoms with van der Waals surface area (Å²) in [5.41, 5.74) is 0. The van der Waals surface area contributed by atoms with Crippen LogP contribution in [0.3, 0.4) is 0 Å². The van der Waals surface area contributed by atoms with Crippen LogP contribution < -0.4 is 0 Å². The van der Waals surface area contributed by atoms with Gasteiger partial charge in [-0.3, -0.25) is 9.13 Å². The highest BCUT2D eigenvalue weighted by Gasteiger charge is 2.47. The van der Waals surface area contributed by atoms with E-state index in [0.717, 1.165) is 0 Å². The van der Waals surface area contributed by atoms with Crippen molar-refractivity contribution < 1.29 is 8.22 Å². The molecule has 0 aromatic carbocycles. The molecule has 0 radical (unpaired) electrons. The van der Waals surface area contributed by atoms with Crippen LogP contribution in [0.1, 0.15) is 27.7 Å². The summed E-state index contributed by atoms with van der Waals surface area (Å²) in [7, 11) is -4.30. The lowest BCUT2D eigenvalue weighted by Crippen LogP contribution is -2.59. The lowest BCUT2D eigenvalue weighted by molar-refractivity contribution is 0.246. The topological polar surface area (TPSA) is 6.48 Å². The zero-order valence-electron chi connectivity index (χ0n) is 8.98. The molecule has 0 aromatic rings. The van der Waals surface area contributed by atoms with Crippen molar-refractivity contribution in [2.75, 3.05) is 26.2 Å². The van der Waals surface area contributed by atoms with E-state index in [0.29, 0.717) is 26.2 Å². The van der Waals surface area contributed by atoms with E-state index in [1.807, 2.05) is 0 Å². The molecule has 0 saturated carbocycles. The van der Waals surface area contributed by atoms with Crippen LogP contribution in [0.2, 0.25) is 0 Å². The van der Waals surface area contributed by atoms with Crippen LogP contribution in [0, 0.1) is 0 Å². The van der Waals surface area contributed by atoms with Crippen molar-refractivity contribution in [1.82, 2.24) is 9.13 Å². The molecule has 2 nitrogen and oxygen atoms in total. The summed E-state index contributed by atoms with van der Waals surface area (Å²) in [4.78, 5) is 0. The quantitative estimate of drug-likeness (QED) is 0.489. The average Bonchev–Trinajstić information content (AvgIpc) is 2.07. The normalized spacial score (nSPS) is 12.9. The smallest absolute Gasteiger partial charge is 0.261 e. The average molecular weight is 210 g/mol. The fourth-order valence-electron chi connectivity index (χ4n) is 1.41. The molecule has 0 atom stereocenters. The van der Waals surface area contributed by atoms with Crippen molar-refractivity contribution in [3.63, 3.8) is 0 Å². The first-order valence-corrected chi connectivity index (χ1v) is 6.57. The Morgan fingerprint density at radius 2 is 1.00 bits per heavy atom. The van der Waals surface area contributed by atoms with Gasteiger partial charge in [0.25, 0.3) is 0 Å². The van der Waals surface area contributed by atoms with Gasteiger partial charge < -0.3 is 0 Å². The SMILES string of the molecule is CCN(CC)[Si](F)(F)N(CC)CC. The zero-order chi connectivity index (χ0) is 10.5. The van der Waals surface area contributed by atoms with Crippen molar-refractivity contribution in [2.45, 2.75) is 27.7 Å². The highest BCUT2D eigenvalue weighted by atomic mass is 28.4. The lowest BCUT2D eigenvalue weighted by Gasteiger charge is -2.33. The Morgan fingerprint density at radius 3 is 1.15 bits per heavy atom. The summed E-state index contributed by atoms with van der Waals surface area (Å²) >= 11 is 0. The maximum atomic E-state index is 13.7. The first kappa shape index (κ1) is 13.0. The van der Waals surface area contributed by atoms with E-state index < -0.39 is 9.06 Å². The molecule has 0 spiro atoms. The molecule has 0 aliphatic rings. The van der Waals surface area contributed by atoms with Gasteiger partial charge in [-0.15, -0.1) is 0 Å². The molecular formula is C8H20F2N2Si. The fraction of sp³-hybridized carbons (Fsp3) is 1.00. The van der Waals surface area contributed by atoms with Crippen molar-refractivity contribution in [2.24, 2.45) is 0 Å². The van der Waals surface area contributed by atoms with Crippen molar-refractivity contribution >= 4 is 9.06 Å². The summed E-state index contributed by atoms with van der Waals surface area (Å²) in [5, 5.41) is 0. The maximum absolute atomic E-state index is 13.7. The summed E-state index contributed by atoms with van der Waals surface area (Å²) < 4.78 is 30.1. The highest BCUT2D eigenvalue weighted by molar-refractivity contribution is 6.60. The van der Waals surface area contributed by atoms with Crippen molar-refractivity contribution in [3.8, 4) is 0 Å². The Kier molecular flexibility index (Phi) is 5.67. The van der Waals surface area contributed by atoms with Crippen LogP contribution in [-0.2, 0) is 0 Å². The minimum Gasteiger partial charge on any atom is -0.261 e. The van der Waals surface area contributed by atoms with Gasteiger partial charge in [-0.1, -0.05) is 27.7 Å². The number of hydrogen-bond acceptors (Lipinski definition) is 2. The molecule has 0 saturated heterocycles. The van der Waals surface area contributed by atoms with Crippen LogP contribution in [0.5, 0.6) is 0 Å². The van der Waals surface area contributed by atoms with Crippen LogP contribution in [-0.4, -0.2) is 44.4 Å². The van der Waals surface area contributed by atoms with E-state index in [1.165, 1.54) is 9.13 Å². The van der Waals surface area contributed by atoms with Gasteiger partial charge in [0, 0.05) is 0 Å². The van der Waals surface area contributed by atoms with Gasteiger partial charge in [0.2, 0.25) is 0 Å². The zero-order valence-corrected chi connectivity index (χ0v) is 9.98. The van der Waals surface area contributed by atoms with E-state index >= 15 is 0 Å². The Morgan fingerprint density at radius 1 is 0.769 bits per heavy atom. The number of halogens is 2. The molecule has 0 aliphatic heterocycles. The number of nitrogens with zero attached hydrogens (tertiary/aromatic N) is 2. The van der Waals surface area contributed by atoms with Gasteiger partial charge in [0.1, 0.15) is 0 Å². The first-order valence-electron chi connectivity index (χ1n) is 4.92. The van der Waals surface area contributed by atoms with E-state index in [-0.39, 0.29) is 0 Å². The summed E-state index contributed by atoms with van der Waals surface area (Å²) in [6.07, 6.45) is 0. The third kappa shape index (κ3) is 3.00. The number of rotatable bonds is 6. The predicted molar refractivity (Wildman–Crippen MR) is 53.8 cm³/mol. The number of hydrogen-bond donors (Lipinski definition) is 0. The Hall–Kier alpha value is -0.00312. The van der Waals surface area contributed by atoms with E-state index in [1.54, 1.807) is 27.7 Å². The Balaban J connectivity index is 4.48. The molecule has 0 rings (SSSR count). The second kappa shape index (κ2) is 5.67. The molecule has 13 heavy (non-hydrogen) atoms. The largest absolute Gasteiger partial charge is 0.599 e. The van der Waals surface area contributed by atoms with E-state index in [9.17, 15) is 8.22 Å². The molecule has 0 aliphatic carbocycles. The molecule has 0 heterocycles. The highest BCUT2D eigenvalue weighted by Crippen LogP contribution is 2.18. The summed E-state index contributed by atoms with van der Waals surface area (Å²) in [5.74, 6) is 0. The van der Waals surface area contributed by atoms with Gasteiger partial charge in [-0.05, 0) is 26.2 Å². The minimum absolute atomic E-state index is 0.437. The molecule has 0 N–H and O–H groups in total. The Labute approximate surface area is 81.0 Å². The van der Waals surface area contributed by atoms with E-state index in [4.69, 9.17) is 0 Å². The second-order valence-corrected chi connectivity index (χ2v) is 5.14. The van der Waals surface area contributed by atoms with Gasteiger partial charge in [-0.2, -0.15) is 0 Å². The van der Waals surface area contributed by atoms with Crippen molar-refractivity contribution in [1.29, 1.82) is 0 Å². The maximum Gasteiger partial charge on any atom is 0.599 e. The fourth-order valence-corrected chi connectivity index (χ4v) is 3.33. The molecular weight excluding hydrogens is 190 g/mol. The molecule has 0 amide bonds. The minimum atomic E-state index is -4.30. The van der Waals surface area contributed by atoms with Crippen LogP contribution in [0.15, 0.2) is 0 Å². The molecule has 0 fully saturated rings. The monoisotopic (exact) mass is 210 g/mol. The predicted octanol–water partition coefficient (Wildman–Crippen LogP) is 2.04. The van der Waals surface area contributed by atoms with Gasteiger partial charge in [0.15, 0.2) is 0 Å². The summed E-state index contributed by atoms with van der Waals surface area (Å²) in [6.45, 7) is 8.89. The molecule has 0 unspecified atom stereocenters. The van der Waals surface area contributed by atoms with Crippen LogP contribution >= 0.6 is 0 Å². The van der Waals surface area contributed by atoms with Crippen molar-refractivity contribution in [3.05, 3.63) is 0 Å².